The molecular formula is C35H51ClN4O6S. The summed E-state index contributed by atoms with van der Waals surface area (Å²) in [5, 5.41) is 6.56. The van der Waals surface area contributed by atoms with Crippen LogP contribution in [-0.2, 0) is 24.3 Å². The van der Waals surface area contributed by atoms with Crippen LogP contribution in [-0.4, -0.2) is 76.8 Å². The topological polar surface area (TPSA) is 140 Å². The molecule has 4 N–H and O–H groups in total. The number of piperazine rings is 1. The van der Waals surface area contributed by atoms with E-state index in [4.69, 9.17) is 22.1 Å². The molecule has 2 heterocycles. The predicted octanol–water partition coefficient (Wildman–Crippen LogP) is 5.32. The number of nitrogens with two attached hydrogens (primary N) is 1. The molecule has 2 saturated heterocycles. The lowest BCUT2D eigenvalue weighted by molar-refractivity contribution is -0.121. The Morgan fingerprint density at radius 2 is 1.72 bits per heavy atom. The van der Waals surface area contributed by atoms with Gasteiger partial charge in [-0.2, -0.15) is 4.31 Å². The molecule has 0 radical (unpaired) electrons. The van der Waals surface area contributed by atoms with Gasteiger partial charge in [0.05, 0.1) is 12.0 Å². The van der Waals surface area contributed by atoms with Gasteiger partial charge in [-0.3, -0.25) is 4.79 Å². The van der Waals surface area contributed by atoms with Gasteiger partial charge >= 0.3 is 6.09 Å². The molecule has 1 unspecified atom stereocenters. The van der Waals surface area contributed by atoms with Crippen LogP contribution < -0.4 is 16.4 Å². The van der Waals surface area contributed by atoms with Gasteiger partial charge in [-0.25, -0.2) is 13.2 Å². The third-order valence-corrected chi connectivity index (χ3v) is 12.2. The van der Waals surface area contributed by atoms with E-state index in [9.17, 15) is 18.0 Å². The molecule has 5 rings (SSSR count). The van der Waals surface area contributed by atoms with E-state index in [-0.39, 0.29) is 17.9 Å². The van der Waals surface area contributed by atoms with Gasteiger partial charge in [0.1, 0.15) is 6.04 Å². The van der Waals surface area contributed by atoms with Gasteiger partial charge in [0.2, 0.25) is 15.9 Å². The monoisotopic (exact) mass is 690 g/mol. The largest absolute Gasteiger partial charge is 0.453 e. The number of hydrogen-bond donors (Lipinski definition) is 3. The maximum Gasteiger partial charge on any atom is 0.407 e. The zero-order valence-corrected chi connectivity index (χ0v) is 29.2. The molecular weight excluding hydrogens is 640 g/mol. The standard InChI is InChI=1S/C19H30N2O2S.C16H21ClN2O4/c1-16-7-5-6-8-17(16)11-12-18-15-20-13-14-21(18)24(22,23)19-9-3-2-4-10-19;1-22-16(21)19-14(15(18)20)13(11-6-8-23-9-7-11)10-2-4-12(17)5-3-10/h2-4,9-10,16-18,20H,5-8,11-15H2,1H3;2-5,11,13-14H,6-9H2,1H3,(H2,18,20)(H,19,21)/t16-,17+,18-;13-,14?/m01/s1. The number of methoxy groups -OCH3 is 1. The fraction of sp³-hybridized carbons (Fsp3) is 0.600. The first-order chi connectivity index (χ1) is 22.6. The average molecular weight is 691 g/mol. The van der Waals surface area contributed by atoms with Crippen LogP contribution in [0.1, 0.15) is 69.8 Å². The van der Waals surface area contributed by atoms with Crippen molar-refractivity contribution in [2.75, 3.05) is 40.0 Å². The van der Waals surface area contributed by atoms with Crippen molar-refractivity contribution in [1.82, 2.24) is 14.9 Å². The first-order valence-electron chi connectivity index (χ1n) is 16.9. The second-order valence-corrected chi connectivity index (χ2v) is 15.3. The fourth-order valence-electron chi connectivity index (χ4n) is 7.28. The van der Waals surface area contributed by atoms with Gasteiger partial charge in [-0.1, -0.05) is 74.5 Å². The number of benzene rings is 2. The van der Waals surface area contributed by atoms with Crippen molar-refractivity contribution < 1.29 is 27.5 Å². The number of ether oxygens (including phenoxy) is 2. The minimum atomic E-state index is -3.38. The number of rotatable bonds is 10. The van der Waals surface area contributed by atoms with E-state index in [2.05, 4.69) is 22.3 Å². The van der Waals surface area contributed by atoms with E-state index < -0.39 is 28.1 Å². The van der Waals surface area contributed by atoms with Crippen LogP contribution in [0.4, 0.5) is 4.79 Å². The number of alkyl carbamates (subject to hydrolysis) is 1. The Kier molecular flexibility index (Phi) is 14.4. The van der Waals surface area contributed by atoms with Crippen LogP contribution in [0.15, 0.2) is 59.5 Å². The summed E-state index contributed by atoms with van der Waals surface area (Å²) in [6, 6.07) is 15.3. The first-order valence-corrected chi connectivity index (χ1v) is 18.7. The number of hydrogen-bond acceptors (Lipinski definition) is 7. The quantitative estimate of drug-likeness (QED) is 0.307. The summed E-state index contributed by atoms with van der Waals surface area (Å²) in [5.74, 6) is 0.866. The molecule has 2 aromatic carbocycles. The van der Waals surface area contributed by atoms with Gasteiger partial charge in [-0.15, -0.1) is 0 Å². The van der Waals surface area contributed by atoms with Gasteiger partial charge in [-0.05, 0) is 73.3 Å². The number of primary amides is 1. The van der Waals surface area contributed by atoms with E-state index in [1.807, 2.05) is 18.2 Å². The Bertz CT molecular complexity index is 1370. The highest BCUT2D eigenvalue weighted by atomic mass is 35.5. The zero-order chi connectivity index (χ0) is 33.8. The fourth-order valence-corrected chi connectivity index (χ4v) is 9.08. The summed E-state index contributed by atoms with van der Waals surface area (Å²) in [5.41, 5.74) is 6.45. The van der Waals surface area contributed by atoms with Crippen molar-refractivity contribution >= 4 is 33.6 Å². The average Bonchev–Trinajstić information content (AvgIpc) is 3.09. The second-order valence-electron chi connectivity index (χ2n) is 12.9. The Labute approximate surface area is 285 Å². The zero-order valence-electron chi connectivity index (χ0n) is 27.6. The predicted molar refractivity (Wildman–Crippen MR) is 184 cm³/mol. The smallest absolute Gasteiger partial charge is 0.407 e. The summed E-state index contributed by atoms with van der Waals surface area (Å²) in [4.78, 5) is 24.0. The number of sulfonamides is 1. The van der Waals surface area contributed by atoms with Crippen LogP contribution in [0.3, 0.4) is 0 Å². The highest BCUT2D eigenvalue weighted by molar-refractivity contribution is 7.89. The molecule has 0 spiro atoms. The molecule has 12 heteroatoms. The minimum Gasteiger partial charge on any atom is -0.453 e. The number of nitrogens with one attached hydrogen (secondary N) is 2. The first kappa shape index (κ1) is 37.1. The lowest BCUT2D eigenvalue weighted by Gasteiger charge is -2.37. The Morgan fingerprint density at radius 1 is 1.04 bits per heavy atom. The number of halogens is 1. The molecule has 1 saturated carbocycles. The molecule has 3 aliphatic rings. The van der Waals surface area contributed by atoms with E-state index >= 15 is 0 Å². The number of amides is 2. The van der Waals surface area contributed by atoms with Crippen molar-refractivity contribution in [3.05, 3.63) is 65.2 Å². The Hall–Kier alpha value is -2.70. The Balaban J connectivity index is 0.000000213. The Morgan fingerprint density at radius 3 is 2.36 bits per heavy atom. The molecule has 5 atom stereocenters. The van der Waals surface area contributed by atoms with Crippen LogP contribution in [0.5, 0.6) is 0 Å². The summed E-state index contributed by atoms with van der Waals surface area (Å²) in [6.07, 6.45) is 8.36. The van der Waals surface area contributed by atoms with Crippen molar-refractivity contribution in [1.29, 1.82) is 0 Å². The third kappa shape index (κ3) is 10.4. The van der Waals surface area contributed by atoms with E-state index in [1.165, 1.54) is 32.8 Å². The van der Waals surface area contributed by atoms with E-state index in [0.29, 0.717) is 29.7 Å². The van der Waals surface area contributed by atoms with E-state index in [0.717, 1.165) is 56.2 Å². The van der Waals surface area contributed by atoms with Crippen LogP contribution in [0.2, 0.25) is 5.02 Å². The van der Waals surface area contributed by atoms with E-state index in [1.54, 1.807) is 40.7 Å². The summed E-state index contributed by atoms with van der Waals surface area (Å²) in [6.45, 7) is 5.69. The maximum absolute atomic E-state index is 13.0. The normalized spacial score (nSPS) is 23.9. The molecule has 3 fully saturated rings. The lowest BCUT2D eigenvalue weighted by Crippen LogP contribution is -2.53. The van der Waals surface area contributed by atoms with Crippen molar-refractivity contribution in [3.8, 4) is 0 Å². The van der Waals surface area contributed by atoms with Crippen molar-refractivity contribution in [2.45, 2.75) is 81.2 Å². The molecule has 2 aromatic rings. The number of carbonyl (C=O) groups is 2. The van der Waals surface area contributed by atoms with Gasteiger partial charge in [0.25, 0.3) is 0 Å². The molecule has 0 aromatic heterocycles. The van der Waals surface area contributed by atoms with Crippen molar-refractivity contribution in [3.63, 3.8) is 0 Å². The maximum atomic E-state index is 13.0. The summed E-state index contributed by atoms with van der Waals surface area (Å²) in [7, 11) is -2.14. The molecule has 2 amide bonds. The highest BCUT2D eigenvalue weighted by Gasteiger charge is 2.37. The molecule has 10 nitrogen and oxygen atoms in total. The van der Waals surface area contributed by atoms with Crippen LogP contribution in [0, 0.1) is 17.8 Å². The number of carbonyl (C=O) groups excluding carboxylic acids is 2. The summed E-state index contributed by atoms with van der Waals surface area (Å²) >= 11 is 5.95. The van der Waals surface area contributed by atoms with Crippen LogP contribution >= 0.6 is 11.6 Å². The van der Waals surface area contributed by atoms with Crippen LogP contribution in [0.25, 0.3) is 0 Å². The van der Waals surface area contributed by atoms with Gasteiger partial charge in [0.15, 0.2) is 0 Å². The molecule has 260 valence electrons. The van der Waals surface area contributed by atoms with Crippen molar-refractivity contribution in [2.24, 2.45) is 23.5 Å². The van der Waals surface area contributed by atoms with Gasteiger partial charge < -0.3 is 25.8 Å². The SMILES string of the molecule is COC(=O)NC(C(N)=O)[C@H](c1ccc(Cl)cc1)C1CCOCC1.C[C@H]1CCCC[C@@H]1CC[C@H]1CNCCN1S(=O)(=O)c1ccccc1. The summed E-state index contributed by atoms with van der Waals surface area (Å²) < 4.78 is 37.8. The molecule has 47 heavy (non-hydrogen) atoms. The molecule has 0 bridgehead atoms. The second kappa shape index (κ2) is 18.2. The van der Waals surface area contributed by atoms with Gasteiger partial charge in [0, 0.05) is 49.8 Å². The minimum absolute atomic E-state index is 0.0816. The molecule has 1 aliphatic carbocycles. The highest BCUT2D eigenvalue weighted by Crippen LogP contribution is 2.36. The lowest BCUT2D eigenvalue weighted by atomic mass is 9.76. The third-order valence-electron chi connectivity index (χ3n) is 9.96. The molecule has 2 aliphatic heterocycles. The number of nitrogens with zero attached hydrogens (tertiary/aromatic N) is 1.